The largest absolute Gasteiger partial charge is 0.343 e. The molecule has 0 spiro atoms. The number of rotatable bonds is 12. The quantitative estimate of drug-likeness (QED) is 0.169. The number of nitrogens with one attached hydrogen (secondary N) is 2. The molecule has 10 heteroatoms. The van der Waals surface area contributed by atoms with Crippen molar-refractivity contribution >= 4 is 57.6 Å². The van der Waals surface area contributed by atoms with Crippen molar-refractivity contribution in [3.63, 3.8) is 0 Å². The Balaban J connectivity index is 1.39. The predicted octanol–water partition coefficient (Wildman–Crippen LogP) is 5.98. The van der Waals surface area contributed by atoms with E-state index >= 15 is 0 Å². The van der Waals surface area contributed by atoms with Crippen molar-refractivity contribution in [2.45, 2.75) is 63.8 Å². The third kappa shape index (κ3) is 7.02. The summed E-state index contributed by atoms with van der Waals surface area (Å²) in [6.07, 6.45) is 10.5. The second kappa shape index (κ2) is 13.3. The molecule has 0 bridgehead atoms. The van der Waals surface area contributed by atoms with Crippen LogP contribution in [0.15, 0.2) is 41.5 Å². The van der Waals surface area contributed by atoms with Crippen molar-refractivity contribution in [1.29, 1.82) is 0 Å². The van der Waals surface area contributed by atoms with E-state index in [-0.39, 0.29) is 17.9 Å². The van der Waals surface area contributed by atoms with Gasteiger partial charge in [-0.05, 0) is 68.2 Å². The smallest absolute Gasteiger partial charge is 0.270 e. The number of isothiocyanates is 1. The first-order chi connectivity index (χ1) is 18.5. The molecular weight excluding hydrogens is 498 g/mol. The van der Waals surface area contributed by atoms with Gasteiger partial charge in [0.15, 0.2) is 0 Å². The number of thiocarbonyl (C=S) groups is 1. The van der Waals surface area contributed by atoms with Crippen LogP contribution in [0.3, 0.4) is 0 Å². The third-order valence-corrected chi connectivity index (χ3v) is 6.93. The fourth-order valence-corrected chi connectivity index (χ4v) is 4.95. The minimum atomic E-state index is -0.0289. The number of hydrogen-bond donors (Lipinski definition) is 2. The van der Waals surface area contributed by atoms with E-state index < -0.39 is 0 Å². The molecule has 1 fully saturated rings. The van der Waals surface area contributed by atoms with Gasteiger partial charge >= 0.3 is 0 Å². The zero-order chi connectivity index (χ0) is 26.9. The summed E-state index contributed by atoms with van der Waals surface area (Å²) < 4.78 is 2.10. The van der Waals surface area contributed by atoms with Crippen LogP contribution < -0.4 is 10.6 Å². The zero-order valence-corrected chi connectivity index (χ0v) is 22.9. The highest BCUT2D eigenvalue weighted by atomic mass is 32.1. The van der Waals surface area contributed by atoms with E-state index in [1.54, 1.807) is 25.2 Å². The Morgan fingerprint density at radius 2 is 1.82 bits per heavy atom. The second-order valence-corrected chi connectivity index (χ2v) is 10.1. The first kappa shape index (κ1) is 27.4. The van der Waals surface area contributed by atoms with Gasteiger partial charge in [-0.15, -0.1) is 0 Å². The Morgan fingerprint density at radius 3 is 2.53 bits per heavy atom. The maximum atomic E-state index is 12.9. The van der Waals surface area contributed by atoms with Gasteiger partial charge in [-0.1, -0.05) is 25.7 Å². The van der Waals surface area contributed by atoms with E-state index in [1.807, 2.05) is 30.3 Å². The third-order valence-electron chi connectivity index (χ3n) is 6.80. The molecule has 0 atom stereocenters. The molecule has 1 aliphatic carbocycles. The van der Waals surface area contributed by atoms with Crippen molar-refractivity contribution < 1.29 is 9.59 Å². The Labute approximate surface area is 228 Å². The van der Waals surface area contributed by atoms with Crippen LogP contribution in [-0.2, 0) is 4.79 Å². The number of anilines is 3. The Bertz CT molecular complexity index is 1310. The minimum absolute atomic E-state index is 0.00663. The van der Waals surface area contributed by atoms with Gasteiger partial charge in [0.1, 0.15) is 11.3 Å². The van der Waals surface area contributed by atoms with Gasteiger partial charge < -0.3 is 20.1 Å². The topological polar surface area (TPSA) is 105 Å². The fourth-order valence-electron chi connectivity index (χ4n) is 4.86. The number of fused-ring (bicyclic) bond motifs is 1. The lowest BCUT2D eigenvalue weighted by Crippen LogP contribution is -2.25. The summed E-state index contributed by atoms with van der Waals surface area (Å²) in [4.78, 5) is 39.9. The van der Waals surface area contributed by atoms with E-state index in [2.05, 4.69) is 42.6 Å². The molecule has 38 heavy (non-hydrogen) atoms. The molecule has 2 aromatic heterocycles. The van der Waals surface area contributed by atoms with Gasteiger partial charge in [0.2, 0.25) is 11.9 Å². The number of unbranched alkanes of at least 4 members (excludes halogenated alkanes) is 3. The number of nitrogens with zero attached hydrogens (tertiary/aromatic N) is 5. The number of carbonyl (C=O) groups excluding carboxylic acids is 2. The normalized spacial score (nSPS) is 13.3. The van der Waals surface area contributed by atoms with Crippen LogP contribution >= 0.6 is 12.2 Å². The lowest BCUT2D eigenvalue weighted by Gasteiger charge is -2.19. The molecule has 2 heterocycles. The first-order valence-electron chi connectivity index (χ1n) is 13.3. The Kier molecular flexibility index (Phi) is 9.56. The molecule has 0 unspecified atom stereocenters. The number of aromatic nitrogens is 3. The SMILES string of the molecule is CN(C)C(=O)c1cc2cnc(Nc3ccc(NC(=O)CCCCCCN=C=S)cc3)nc2n1C1CCCC1. The highest BCUT2D eigenvalue weighted by Crippen LogP contribution is 2.35. The number of hydrogen-bond acceptors (Lipinski definition) is 7. The van der Waals surface area contributed by atoms with Crippen LogP contribution in [-0.4, -0.2) is 57.1 Å². The Hall–Kier alpha value is -3.62. The zero-order valence-electron chi connectivity index (χ0n) is 22.1. The number of carbonyl (C=O) groups is 2. The fraction of sp³-hybridized carbons (Fsp3) is 0.464. The highest BCUT2D eigenvalue weighted by Gasteiger charge is 2.26. The van der Waals surface area contributed by atoms with Gasteiger partial charge in [-0.3, -0.25) is 9.59 Å². The summed E-state index contributed by atoms with van der Waals surface area (Å²) in [7, 11) is 3.54. The van der Waals surface area contributed by atoms with E-state index in [4.69, 9.17) is 4.98 Å². The van der Waals surface area contributed by atoms with Gasteiger partial charge in [-0.2, -0.15) is 4.98 Å². The summed E-state index contributed by atoms with van der Waals surface area (Å²) in [5.41, 5.74) is 2.98. The van der Waals surface area contributed by atoms with Crippen molar-refractivity contribution in [2.24, 2.45) is 4.99 Å². The highest BCUT2D eigenvalue weighted by molar-refractivity contribution is 7.78. The summed E-state index contributed by atoms with van der Waals surface area (Å²) in [6.45, 7) is 0.708. The molecule has 4 rings (SSSR count). The first-order valence-corrected chi connectivity index (χ1v) is 13.7. The summed E-state index contributed by atoms with van der Waals surface area (Å²) in [5, 5.41) is 9.43. The van der Waals surface area contributed by atoms with Gasteiger partial charge in [-0.25, -0.2) is 9.98 Å². The predicted molar refractivity (Wildman–Crippen MR) is 154 cm³/mol. The van der Waals surface area contributed by atoms with Gasteiger partial charge in [0, 0.05) is 56.1 Å². The molecule has 1 aromatic carbocycles. The van der Waals surface area contributed by atoms with Crippen LogP contribution in [0.2, 0.25) is 0 Å². The molecule has 1 aliphatic rings. The molecule has 0 saturated heterocycles. The average molecular weight is 534 g/mol. The maximum absolute atomic E-state index is 12.9. The summed E-state index contributed by atoms with van der Waals surface area (Å²) in [5.74, 6) is 0.442. The van der Waals surface area contributed by atoms with Crippen LogP contribution in [0.5, 0.6) is 0 Å². The standard InChI is InChI=1S/C28H35N7O2S/c1-34(2)27(37)24-17-20-18-30-28(33-26(20)35(24)23-9-6-7-10-23)32-22-14-12-21(13-15-22)31-25(36)11-5-3-4-8-16-29-19-38/h12-15,17-18,23H,3-11,16H2,1-2H3,(H,31,36)(H,30,32,33). The molecule has 3 aromatic rings. The molecule has 200 valence electrons. The molecule has 2 N–H and O–H groups in total. The van der Waals surface area contributed by atoms with Crippen LogP contribution in [0.4, 0.5) is 17.3 Å². The van der Waals surface area contributed by atoms with Crippen molar-refractivity contribution in [3.05, 3.63) is 42.2 Å². The molecule has 0 aliphatic heterocycles. The molecular formula is C28H35N7O2S. The van der Waals surface area contributed by atoms with Gasteiger partial charge in [0.25, 0.3) is 5.91 Å². The maximum Gasteiger partial charge on any atom is 0.270 e. The molecule has 2 amide bonds. The van der Waals surface area contributed by atoms with E-state index in [1.165, 1.54) is 0 Å². The monoisotopic (exact) mass is 533 g/mol. The van der Waals surface area contributed by atoms with Crippen molar-refractivity contribution in [2.75, 3.05) is 31.3 Å². The second-order valence-electron chi connectivity index (χ2n) is 9.90. The van der Waals surface area contributed by atoms with E-state index in [0.717, 1.165) is 73.8 Å². The molecule has 9 nitrogen and oxygen atoms in total. The van der Waals surface area contributed by atoms with Crippen LogP contribution in [0.25, 0.3) is 11.0 Å². The number of aliphatic imine (C=N–C) groups is 1. The van der Waals surface area contributed by atoms with Gasteiger partial charge in [0.05, 0.1) is 5.16 Å². The molecule has 0 radical (unpaired) electrons. The summed E-state index contributed by atoms with van der Waals surface area (Å²) in [6, 6.07) is 9.65. The average Bonchev–Trinajstić information content (AvgIpc) is 3.56. The van der Waals surface area contributed by atoms with Crippen molar-refractivity contribution in [1.82, 2.24) is 19.4 Å². The Morgan fingerprint density at radius 1 is 1.11 bits per heavy atom. The van der Waals surface area contributed by atoms with Crippen molar-refractivity contribution in [3.8, 4) is 0 Å². The van der Waals surface area contributed by atoms with Crippen LogP contribution in [0.1, 0.15) is 74.3 Å². The van der Waals surface area contributed by atoms with Crippen LogP contribution in [0, 0.1) is 0 Å². The van der Waals surface area contributed by atoms with E-state index in [0.29, 0.717) is 24.6 Å². The van der Waals surface area contributed by atoms with E-state index in [9.17, 15) is 9.59 Å². The lowest BCUT2D eigenvalue weighted by atomic mass is 10.1. The minimum Gasteiger partial charge on any atom is -0.343 e. The lowest BCUT2D eigenvalue weighted by molar-refractivity contribution is -0.116. The number of amides is 2. The molecule has 1 saturated carbocycles. The number of benzene rings is 1. The summed E-state index contributed by atoms with van der Waals surface area (Å²) >= 11 is 4.55.